The molecule has 0 bridgehead atoms. The number of nitrogens with one attached hydrogen (secondary N) is 1. The van der Waals surface area contributed by atoms with E-state index in [1.54, 1.807) is 6.20 Å². The number of nitrogens with two attached hydrogens (primary N) is 1. The monoisotopic (exact) mass is 250 g/mol. The summed E-state index contributed by atoms with van der Waals surface area (Å²) in [6.07, 6.45) is 2.31. The maximum Gasteiger partial charge on any atom is 0.241 e. The Bertz CT molecular complexity index is 386. The van der Waals surface area contributed by atoms with Crippen molar-refractivity contribution < 1.29 is 4.79 Å². The Morgan fingerprint density at radius 1 is 1.44 bits per heavy atom. The number of anilines is 2. The fourth-order valence-electron chi connectivity index (χ4n) is 1.57. The summed E-state index contributed by atoms with van der Waals surface area (Å²) < 4.78 is 0. The molecule has 0 aromatic carbocycles. The minimum atomic E-state index is -0.474. The maximum atomic E-state index is 11.8. The molecule has 0 aliphatic heterocycles. The highest BCUT2D eigenvalue weighted by Crippen LogP contribution is 2.12. The zero-order chi connectivity index (χ0) is 13.7. The first-order chi connectivity index (χ1) is 8.40. The molecule has 1 unspecified atom stereocenters. The van der Waals surface area contributed by atoms with Gasteiger partial charge in [0.05, 0.1) is 17.9 Å². The van der Waals surface area contributed by atoms with E-state index in [1.807, 2.05) is 45.0 Å². The van der Waals surface area contributed by atoms with Crippen LogP contribution in [0.4, 0.5) is 11.5 Å². The van der Waals surface area contributed by atoms with Gasteiger partial charge in [-0.2, -0.15) is 0 Å². The van der Waals surface area contributed by atoms with Crippen molar-refractivity contribution in [1.29, 1.82) is 0 Å². The largest absolute Gasteiger partial charge is 0.363 e. The van der Waals surface area contributed by atoms with E-state index in [1.165, 1.54) is 0 Å². The van der Waals surface area contributed by atoms with Gasteiger partial charge in [-0.1, -0.05) is 13.8 Å². The predicted octanol–water partition coefficient (Wildman–Crippen LogP) is 1.46. The third-order valence-electron chi connectivity index (χ3n) is 2.54. The van der Waals surface area contributed by atoms with E-state index < -0.39 is 6.04 Å². The highest BCUT2D eigenvalue weighted by molar-refractivity contribution is 5.94. The highest BCUT2D eigenvalue weighted by atomic mass is 16.2. The average Bonchev–Trinajstić information content (AvgIpc) is 2.28. The summed E-state index contributed by atoms with van der Waals surface area (Å²) in [5.74, 6) is 1.09. The summed E-state index contributed by atoms with van der Waals surface area (Å²) >= 11 is 0. The Morgan fingerprint density at radius 2 is 2.11 bits per heavy atom. The smallest absolute Gasteiger partial charge is 0.241 e. The number of carbonyl (C=O) groups excluding carboxylic acids is 1. The zero-order valence-corrected chi connectivity index (χ0v) is 11.5. The van der Waals surface area contributed by atoms with Crippen molar-refractivity contribution in [3.63, 3.8) is 0 Å². The molecule has 3 N–H and O–H groups in total. The van der Waals surface area contributed by atoms with Gasteiger partial charge in [0.2, 0.25) is 5.91 Å². The van der Waals surface area contributed by atoms with E-state index in [-0.39, 0.29) is 5.91 Å². The molecule has 0 aliphatic carbocycles. The first-order valence-corrected chi connectivity index (χ1v) is 6.10. The molecule has 100 valence electrons. The van der Waals surface area contributed by atoms with Crippen LogP contribution in [0.3, 0.4) is 0 Å². The molecule has 0 fully saturated rings. The van der Waals surface area contributed by atoms with Crippen LogP contribution in [0, 0.1) is 5.92 Å². The Hall–Kier alpha value is -1.62. The number of rotatable bonds is 5. The molecule has 5 nitrogen and oxygen atoms in total. The van der Waals surface area contributed by atoms with E-state index in [2.05, 4.69) is 10.3 Å². The molecule has 18 heavy (non-hydrogen) atoms. The summed E-state index contributed by atoms with van der Waals surface area (Å²) in [5, 5.41) is 2.77. The maximum absolute atomic E-state index is 11.8. The second kappa shape index (κ2) is 6.35. The number of amides is 1. The first-order valence-electron chi connectivity index (χ1n) is 6.10. The van der Waals surface area contributed by atoms with Crippen LogP contribution in [0.5, 0.6) is 0 Å². The van der Waals surface area contributed by atoms with Gasteiger partial charge in [-0.25, -0.2) is 4.98 Å². The summed E-state index contributed by atoms with van der Waals surface area (Å²) in [5.41, 5.74) is 6.47. The van der Waals surface area contributed by atoms with E-state index in [4.69, 9.17) is 5.73 Å². The van der Waals surface area contributed by atoms with E-state index in [0.717, 1.165) is 5.82 Å². The second-order valence-electron chi connectivity index (χ2n) is 5.02. The van der Waals surface area contributed by atoms with Crippen molar-refractivity contribution in [3.8, 4) is 0 Å². The molecule has 5 heteroatoms. The van der Waals surface area contributed by atoms with Crippen molar-refractivity contribution in [3.05, 3.63) is 18.3 Å². The van der Waals surface area contributed by atoms with Crippen molar-refractivity contribution in [2.75, 3.05) is 24.3 Å². The molecule has 1 amide bonds. The van der Waals surface area contributed by atoms with Crippen LogP contribution in [-0.2, 0) is 4.79 Å². The zero-order valence-electron chi connectivity index (χ0n) is 11.5. The van der Waals surface area contributed by atoms with Crippen molar-refractivity contribution >= 4 is 17.4 Å². The Balaban J connectivity index is 2.59. The van der Waals surface area contributed by atoms with Crippen LogP contribution in [0.15, 0.2) is 18.3 Å². The van der Waals surface area contributed by atoms with Gasteiger partial charge in [-0.05, 0) is 24.5 Å². The van der Waals surface area contributed by atoms with Crippen LogP contribution >= 0.6 is 0 Å². The lowest BCUT2D eigenvalue weighted by Gasteiger charge is -2.15. The van der Waals surface area contributed by atoms with Gasteiger partial charge in [0, 0.05) is 14.1 Å². The molecule has 0 saturated carbocycles. The normalized spacial score (nSPS) is 12.3. The van der Waals surface area contributed by atoms with Crippen molar-refractivity contribution in [1.82, 2.24) is 4.98 Å². The fraction of sp³-hybridized carbons (Fsp3) is 0.538. The highest BCUT2D eigenvalue weighted by Gasteiger charge is 2.15. The number of hydrogen-bond donors (Lipinski definition) is 2. The van der Waals surface area contributed by atoms with Gasteiger partial charge >= 0.3 is 0 Å². The lowest BCUT2D eigenvalue weighted by molar-refractivity contribution is -0.117. The molecule has 1 heterocycles. The molecule has 1 aromatic heterocycles. The van der Waals surface area contributed by atoms with E-state index >= 15 is 0 Å². The topological polar surface area (TPSA) is 71.2 Å². The molecule has 1 aromatic rings. The minimum absolute atomic E-state index is 0.164. The molecular formula is C13H22N4O. The van der Waals surface area contributed by atoms with Gasteiger partial charge in [-0.3, -0.25) is 4.79 Å². The Kier molecular flexibility index (Phi) is 5.09. The fourth-order valence-corrected chi connectivity index (χ4v) is 1.57. The lowest BCUT2D eigenvalue weighted by Crippen LogP contribution is -2.36. The Labute approximate surface area is 108 Å². The van der Waals surface area contributed by atoms with Crippen LogP contribution in [-0.4, -0.2) is 31.0 Å². The number of aromatic nitrogens is 1. The van der Waals surface area contributed by atoms with Gasteiger partial charge in [0.15, 0.2) is 0 Å². The average molecular weight is 250 g/mol. The Morgan fingerprint density at radius 3 is 2.56 bits per heavy atom. The van der Waals surface area contributed by atoms with Crippen LogP contribution in [0.1, 0.15) is 20.3 Å². The molecular weight excluding hydrogens is 228 g/mol. The molecule has 1 atom stereocenters. The molecule has 0 spiro atoms. The van der Waals surface area contributed by atoms with E-state index in [9.17, 15) is 4.79 Å². The quantitative estimate of drug-likeness (QED) is 0.830. The molecule has 0 radical (unpaired) electrons. The summed E-state index contributed by atoms with van der Waals surface area (Å²) in [6, 6.07) is 3.20. The molecule has 0 saturated heterocycles. The van der Waals surface area contributed by atoms with Crippen LogP contribution < -0.4 is 16.0 Å². The summed E-state index contributed by atoms with van der Waals surface area (Å²) in [4.78, 5) is 17.9. The summed E-state index contributed by atoms with van der Waals surface area (Å²) in [7, 11) is 3.83. The third-order valence-corrected chi connectivity index (χ3v) is 2.54. The standard InChI is InChI=1S/C13H22N4O/c1-9(2)7-11(14)13(18)16-10-5-6-12(15-8-10)17(3)4/h5-6,8-9,11H,7,14H2,1-4H3,(H,16,18). The minimum Gasteiger partial charge on any atom is -0.363 e. The van der Waals surface area contributed by atoms with E-state index in [0.29, 0.717) is 18.0 Å². The van der Waals surface area contributed by atoms with Gasteiger partial charge < -0.3 is 16.0 Å². The molecule has 1 rings (SSSR count). The van der Waals surface area contributed by atoms with Crippen LogP contribution in [0.2, 0.25) is 0 Å². The van der Waals surface area contributed by atoms with Crippen LogP contribution in [0.25, 0.3) is 0 Å². The predicted molar refractivity (Wildman–Crippen MR) is 74.6 cm³/mol. The first kappa shape index (κ1) is 14.4. The van der Waals surface area contributed by atoms with Crippen molar-refractivity contribution in [2.45, 2.75) is 26.3 Å². The van der Waals surface area contributed by atoms with Gasteiger partial charge in [-0.15, -0.1) is 0 Å². The SMILES string of the molecule is CC(C)CC(N)C(=O)Nc1ccc(N(C)C)nc1. The number of carbonyl (C=O) groups is 1. The number of pyridine rings is 1. The number of hydrogen-bond acceptors (Lipinski definition) is 4. The second-order valence-corrected chi connectivity index (χ2v) is 5.02. The van der Waals surface area contributed by atoms with Gasteiger partial charge in [0.25, 0.3) is 0 Å². The molecule has 0 aliphatic rings. The van der Waals surface area contributed by atoms with Gasteiger partial charge in [0.1, 0.15) is 5.82 Å². The summed E-state index contributed by atoms with van der Waals surface area (Å²) in [6.45, 7) is 4.08. The third kappa shape index (κ3) is 4.33. The number of nitrogens with zero attached hydrogens (tertiary/aromatic N) is 2. The lowest BCUT2D eigenvalue weighted by atomic mass is 10.0. The van der Waals surface area contributed by atoms with Crippen molar-refractivity contribution in [2.24, 2.45) is 11.7 Å².